The number of halogens is 2. The summed E-state index contributed by atoms with van der Waals surface area (Å²) in [7, 11) is 0. The van der Waals surface area contributed by atoms with E-state index >= 15 is 0 Å². The van der Waals surface area contributed by atoms with E-state index in [2.05, 4.69) is 21.2 Å². The summed E-state index contributed by atoms with van der Waals surface area (Å²) in [5.74, 6) is 0.109. The lowest BCUT2D eigenvalue weighted by Gasteiger charge is -2.06. The predicted molar refractivity (Wildman–Crippen MR) is 81.0 cm³/mol. The molecular weight excluding hydrogens is 316 g/mol. The summed E-state index contributed by atoms with van der Waals surface area (Å²) in [4.78, 5) is 11.5. The van der Waals surface area contributed by atoms with Gasteiger partial charge in [0.2, 0.25) is 5.91 Å². The van der Waals surface area contributed by atoms with Crippen LogP contribution in [-0.4, -0.2) is 19.0 Å². The highest BCUT2D eigenvalue weighted by Gasteiger charge is 2.03. The van der Waals surface area contributed by atoms with E-state index in [4.69, 9.17) is 5.73 Å². The van der Waals surface area contributed by atoms with Crippen molar-refractivity contribution in [1.29, 1.82) is 0 Å². The first-order valence-corrected chi connectivity index (χ1v) is 6.73. The van der Waals surface area contributed by atoms with Gasteiger partial charge in [-0.15, -0.1) is 12.4 Å². The first-order chi connectivity index (χ1) is 8.24. The quantitative estimate of drug-likeness (QED) is 0.753. The smallest absolute Gasteiger partial charge is 0.220 e. The standard InChI is InChI=1S/C13H19BrN2O.ClH/c14-12-6-2-1-5-11(12)7-8-13(17)16-10-4-3-9-15;/h1-2,5-6H,3-4,7-10,15H2,(H,16,17);1H. The number of amides is 1. The van der Waals surface area contributed by atoms with Gasteiger partial charge in [-0.3, -0.25) is 4.79 Å². The average Bonchev–Trinajstić information content (AvgIpc) is 2.34. The molecule has 0 aliphatic carbocycles. The van der Waals surface area contributed by atoms with Crippen LogP contribution in [0.15, 0.2) is 28.7 Å². The zero-order valence-corrected chi connectivity index (χ0v) is 12.7. The molecular formula is C13H20BrClN2O. The highest BCUT2D eigenvalue weighted by molar-refractivity contribution is 9.10. The van der Waals surface area contributed by atoms with Crippen molar-refractivity contribution in [2.45, 2.75) is 25.7 Å². The van der Waals surface area contributed by atoms with Gasteiger partial charge in [-0.05, 0) is 37.4 Å². The molecule has 1 amide bonds. The summed E-state index contributed by atoms with van der Waals surface area (Å²) in [6.45, 7) is 1.42. The molecule has 0 aromatic heterocycles. The Hall–Kier alpha value is -0.580. The average molecular weight is 336 g/mol. The van der Waals surface area contributed by atoms with Gasteiger partial charge in [-0.25, -0.2) is 0 Å². The zero-order valence-electron chi connectivity index (χ0n) is 10.3. The largest absolute Gasteiger partial charge is 0.356 e. The maximum Gasteiger partial charge on any atom is 0.220 e. The van der Waals surface area contributed by atoms with Crippen LogP contribution in [0.3, 0.4) is 0 Å². The number of aryl methyl sites for hydroxylation is 1. The number of nitrogens with one attached hydrogen (secondary N) is 1. The fourth-order valence-corrected chi connectivity index (χ4v) is 2.02. The SMILES string of the molecule is Cl.NCCCCNC(=O)CCc1ccccc1Br. The molecule has 18 heavy (non-hydrogen) atoms. The highest BCUT2D eigenvalue weighted by atomic mass is 79.9. The third kappa shape index (κ3) is 6.99. The molecule has 1 rings (SSSR count). The zero-order chi connectivity index (χ0) is 12.5. The van der Waals surface area contributed by atoms with E-state index in [1.807, 2.05) is 24.3 Å². The summed E-state index contributed by atoms with van der Waals surface area (Å²) in [6, 6.07) is 7.99. The number of unbranched alkanes of at least 4 members (excludes halogenated alkanes) is 1. The first-order valence-electron chi connectivity index (χ1n) is 5.94. The fourth-order valence-electron chi connectivity index (χ4n) is 1.53. The Balaban J connectivity index is 0.00000289. The number of carbonyl (C=O) groups excluding carboxylic acids is 1. The molecule has 102 valence electrons. The van der Waals surface area contributed by atoms with Crippen molar-refractivity contribution in [1.82, 2.24) is 5.32 Å². The molecule has 0 saturated heterocycles. The molecule has 3 nitrogen and oxygen atoms in total. The maximum absolute atomic E-state index is 11.5. The van der Waals surface area contributed by atoms with Crippen molar-refractivity contribution in [3.05, 3.63) is 34.3 Å². The monoisotopic (exact) mass is 334 g/mol. The van der Waals surface area contributed by atoms with Crippen molar-refractivity contribution in [3.63, 3.8) is 0 Å². The molecule has 0 aliphatic rings. The second-order valence-corrected chi connectivity index (χ2v) is 4.79. The van der Waals surface area contributed by atoms with Gasteiger partial charge < -0.3 is 11.1 Å². The molecule has 0 radical (unpaired) electrons. The lowest BCUT2D eigenvalue weighted by molar-refractivity contribution is -0.121. The van der Waals surface area contributed by atoms with Crippen molar-refractivity contribution in [2.24, 2.45) is 5.73 Å². The van der Waals surface area contributed by atoms with Crippen LogP contribution < -0.4 is 11.1 Å². The summed E-state index contributed by atoms with van der Waals surface area (Å²) >= 11 is 3.47. The lowest BCUT2D eigenvalue weighted by Crippen LogP contribution is -2.25. The summed E-state index contributed by atoms with van der Waals surface area (Å²) < 4.78 is 1.07. The van der Waals surface area contributed by atoms with E-state index in [0.29, 0.717) is 13.0 Å². The van der Waals surface area contributed by atoms with E-state index in [-0.39, 0.29) is 18.3 Å². The second kappa shape index (κ2) is 10.4. The number of nitrogens with two attached hydrogens (primary N) is 1. The molecule has 5 heteroatoms. The molecule has 0 saturated carbocycles. The van der Waals surface area contributed by atoms with E-state index in [0.717, 1.165) is 30.3 Å². The van der Waals surface area contributed by atoms with Crippen LogP contribution in [0.5, 0.6) is 0 Å². The number of hydrogen-bond donors (Lipinski definition) is 2. The minimum absolute atomic E-state index is 0. The molecule has 0 fully saturated rings. The molecule has 1 aromatic carbocycles. The Labute approximate surface area is 123 Å². The molecule has 1 aromatic rings. The highest BCUT2D eigenvalue weighted by Crippen LogP contribution is 2.17. The molecule has 0 heterocycles. The Bertz CT molecular complexity index is 361. The molecule has 0 spiro atoms. The van der Waals surface area contributed by atoms with Crippen molar-refractivity contribution < 1.29 is 4.79 Å². The van der Waals surface area contributed by atoms with Crippen LogP contribution in [0.4, 0.5) is 0 Å². The van der Waals surface area contributed by atoms with Crippen molar-refractivity contribution >= 4 is 34.2 Å². The number of carbonyl (C=O) groups is 1. The third-order valence-corrected chi connectivity index (χ3v) is 3.31. The Morgan fingerprint density at radius 3 is 2.67 bits per heavy atom. The van der Waals surface area contributed by atoms with Gasteiger partial charge in [0.15, 0.2) is 0 Å². The van der Waals surface area contributed by atoms with Gasteiger partial charge in [0.25, 0.3) is 0 Å². The van der Waals surface area contributed by atoms with E-state index in [1.165, 1.54) is 5.56 Å². The van der Waals surface area contributed by atoms with Crippen LogP contribution in [0, 0.1) is 0 Å². The van der Waals surface area contributed by atoms with Gasteiger partial charge in [-0.1, -0.05) is 34.1 Å². The van der Waals surface area contributed by atoms with E-state index in [9.17, 15) is 4.79 Å². The second-order valence-electron chi connectivity index (χ2n) is 3.94. The van der Waals surface area contributed by atoms with Crippen LogP contribution in [0.2, 0.25) is 0 Å². The Kier molecular flexibility index (Phi) is 10.0. The van der Waals surface area contributed by atoms with E-state index < -0.39 is 0 Å². The van der Waals surface area contributed by atoms with Gasteiger partial charge >= 0.3 is 0 Å². The van der Waals surface area contributed by atoms with Gasteiger partial charge in [0, 0.05) is 17.4 Å². The van der Waals surface area contributed by atoms with Crippen molar-refractivity contribution in [3.8, 4) is 0 Å². The third-order valence-electron chi connectivity index (χ3n) is 2.53. The first kappa shape index (κ1) is 17.4. The normalized spacial score (nSPS) is 9.67. The van der Waals surface area contributed by atoms with Crippen LogP contribution >= 0.6 is 28.3 Å². The number of rotatable bonds is 7. The van der Waals surface area contributed by atoms with Crippen molar-refractivity contribution in [2.75, 3.05) is 13.1 Å². The predicted octanol–water partition coefficient (Wildman–Crippen LogP) is 2.66. The van der Waals surface area contributed by atoms with Gasteiger partial charge in [0.1, 0.15) is 0 Å². The van der Waals surface area contributed by atoms with Crippen LogP contribution in [0.25, 0.3) is 0 Å². The Morgan fingerprint density at radius 1 is 1.28 bits per heavy atom. The molecule has 0 bridgehead atoms. The minimum Gasteiger partial charge on any atom is -0.356 e. The fraction of sp³-hybridized carbons (Fsp3) is 0.462. The summed E-state index contributed by atoms with van der Waals surface area (Å²) in [5.41, 5.74) is 6.55. The molecule has 3 N–H and O–H groups in total. The maximum atomic E-state index is 11.5. The van der Waals surface area contributed by atoms with Crippen LogP contribution in [0.1, 0.15) is 24.8 Å². The lowest BCUT2D eigenvalue weighted by atomic mass is 10.1. The van der Waals surface area contributed by atoms with E-state index in [1.54, 1.807) is 0 Å². The summed E-state index contributed by atoms with van der Waals surface area (Å²) in [6.07, 6.45) is 3.22. The van der Waals surface area contributed by atoms with Crippen LogP contribution in [-0.2, 0) is 11.2 Å². The number of benzene rings is 1. The van der Waals surface area contributed by atoms with Gasteiger partial charge in [-0.2, -0.15) is 0 Å². The molecule has 0 unspecified atom stereocenters. The van der Waals surface area contributed by atoms with Gasteiger partial charge in [0.05, 0.1) is 0 Å². The minimum atomic E-state index is 0. The number of hydrogen-bond acceptors (Lipinski definition) is 2. The molecule has 0 atom stereocenters. The Morgan fingerprint density at radius 2 is 2.00 bits per heavy atom. The molecule has 0 aliphatic heterocycles. The summed E-state index contributed by atoms with van der Waals surface area (Å²) in [5, 5.41) is 2.90. The topological polar surface area (TPSA) is 55.1 Å².